The van der Waals surface area contributed by atoms with Gasteiger partial charge < -0.3 is 62.8 Å². The highest BCUT2D eigenvalue weighted by atomic mass is 32.1. The second kappa shape index (κ2) is 27.2. The molecule has 1 aliphatic heterocycles. The smallest absolute Gasteiger partial charge is 0.271 e. The van der Waals surface area contributed by atoms with Crippen molar-refractivity contribution in [1.82, 2.24) is 61.5 Å². The average Bonchev–Trinajstić information content (AvgIpc) is 4.25. The molecule has 9 rings (SSSR count). The number of aromatic nitrogens is 7. The van der Waals surface area contributed by atoms with Gasteiger partial charge in [-0.3, -0.25) is 24.0 Å². The minimum absolute atomic E-state index is 0.0000596. The van der Waals surface area contributed by atoms with Gasteiger partial charge in [0.2, 0.25) is 11.8 Å². The molecule has 83 heavy (non-hydrogen) atoms. The molecule has 5 amide bonds. The highest BCUT2D eigenvalue weighted by Gasteiger charge is 2.33. The number of fused-ring (bicyclic) bond motifs is 14. The summed E-state index contributed by atoms with van der Waals surface area (Å²) in [5.74, 6) is -3.33. The number of nitrogens with two attached hydrogens (primary N) is 1. The van der Waals surface area contributed by atoms with E-state index in [-0.39, 0.29) is 60.4 Å². The predicted octanol–water partition coefficient (Wildman–Crippen LogP) is 5.71. The molecule has 1 unspecified atom stereocenters. The van der Waals surface area contributed by atoms with Crippen molar-refractivity contribution < 1.29 is 49.1 Å². The Morgan fingerprint density at radius 2 is 1.42 bits per heavy atom. The lowest BCUT2D eigenvalue weighted by Gasteiger charge is -2.23. The Labute approximate surface area is 499 Å². The third-order valence-corrected chi connectivity index (χ3v) is 18.8. The monoisotopic (exact) mass is 1240 g/mol. The van der Waals surface area contributed by atoms with Crippen LogP contribution in [0.4, 0.5) is 5.82 Å². The molecule has 30 heteroatoms. The Morgan fingerprint density at radius 3 is 2.16 bits per heavy atom. The van der Waals surface area contributed by atoms with Crippen LogP contribution >= 0.6 is 68.0 Å². The van der Waals surface area contributed by atoms with Gasteiger partial charge in [0.15, 0.2) is 6.29 Å². The van der Waals surface area contributed by atoms with Crippen LogP contribution in [0.5, 0.6) is 0 Å². The van der Waals surface area contributed by atoms with Crippen molar-refractivity contribution in [2.24, 2.45) is 17.6 Å². The number of hydrogen-bond acceptors (Lipinski definition) is 25. The summed E-state index contributed by atoms with van der Waals surface area (Å²) in [4.78, 5) is 104. The second-order valence-corrected chi connectivity index (χ2v) is 25.1. The van der Waals surface area contributed by atoms with Gasteiger partial charge in [0.25, 0.3) is 17.7 Å². The Kier molecular flexibility index (Phi) is 19.9. The Bertz CT molecular complexity index is 3600. The summed E-state index contributed by atoms with van der Waals surface area (Å²) < 4.78 is 5.45. The van der Waals surface area contributed by atoms with Gasteiger partial charge in [0.05, 0.1) is 42.2 Å². The zero-order valence-electron chi connectivity index (χ0n) is 45.1. The van der Waals surface area contributed by atoms with Gasteiger partial charge in [-0.05, 0) is 49.9 Å². The van der Waals surface area contributed by atoms with Crippen molar-refractivity contribution in [1.29, 1.82) is 0 Å². The maximum absolute atomic E-state index is 14.3. The molecule has 1 aliphatic rings. The summed E-state index contributed by atoms with van der Waals surface area (Å²) in [6.45, 7) is 5.02. The van der Waals surface area contributed by atoms with Crippen molar-refractivity contribution in [2.75, 3.05) is 32.6 Å². The summed E-state index contributed by atoms with van der Waals surface area (Å²) in [6, 6.07) is 9.47. The molecule has 10 bridgehead atoms. The number of carbonyl (C=O) groups is 5. The highest BCUT2D eigenvalue weighted by molar-refractivity contribution is 7.15. The molecule has 8 aromatic rings. The van der Waals surface area contributed by atoms with E-state index in [1.54, 1.807) is 70.9 Å². The minimum atomic E-state index is -1.55. The van der Waals surface area contributed by atoms with E-state index < -0.39 is 78.7 Å². The van der Waals surface area contributed by atoms with Crippen LogP contribution in [0, 0.1) is 18.8 Å². The van der Waals surface area contributed by atoms with Gasteiger partial charge in [-0.25, -0.2) is 34.9 Å². The third kappa shape index (κ3) is 14.4. The van der Waals surface area contributed by atoms with Crippen molar-refractivity contribution in [3.8, 4) is 43.4 Å². The number of nitrogens with zero attached hydrogens (tertiary/aromatic N) is 7. The van der Waals surface area contributed by atoms with Crippen LogP contribution < -0.4 is 37.6 Å². The number of aliphatic hydroxyl groups is 4. The zero-order valence-corrected chi connectivity index (χ0v) is 50.0. The summed E-state index contributed by atoms with van der Waals surface area (Å²) in [5.41, 5.74) is 8.59. The summed E-state index contributed by atoms with van der Waals surface area (Å²) in [7, 11) is 2.94. The first kappa shape index (κ1) is 60.6. The van der Waals surface area contributed by atoms with Crippen LogP contribution in [0.3, 0.4) is 0 Å². The maximum atomic E-state index is 14.3. The number of methoxy groups -OCH3 is 1. The number of benzene rings is 1. The number of ether oxygens (including phenoxy) is 1. The van der Waals surface area contributed by atoms with Crippen LogP contribution in [0.1, 0.15) is 119 Å². The predicted molar refractivity (Wildman–Crippen MR) is 317 cm³/mol. The molecule has 0 radical (unpaired) electrons. The Morgan fingerprint density at radius 1 is 0.711 bits per heavy atom. The van der Waals surface area contributed by atoms with E-state index in [4.69, 9.17) is 35.4 Å². The van der Waals surface area contributed by atoms with Crippen LogP contribution in [0.2, 0.25) is 0 Å². The fourth-order valence-corrected chi connectivity index (χ4v) is 14.2. The second-order valence-electron chi connectivity index (χ2n) is 19.3. The number of anilines is 1. The maximum Gasteiger partial charge on any atom is 0.271 e. The van der Waals surface area contributed by atoms with E-state index in [1.165, 1.54) is 70.8 Å². The highest BCUT2D eigenvalue weighted by Crippen LogP contribution is 2.40. The van der Waals surface area contributed by atoms with E-state index in [9.17, 15) is 44.4 Å². The van der Waals surface area contributed by atoms with Gasteiger partial charge in [0.1, 0.15) is 88.4 Å². The standard InChI is InChI=1S/C53H58N14O10S6/c1-23(2)38-53-67-41(33(83-53)18-77-5)46(75)56-17-36(69)64-42(43(72)25-9-7-6-8-10-25)52-61-32(21-80-52)50-59-30(19-79-50)40-27(12-13-28(57-40)49-63-34(22-81-49)62-44(73)26(16-54)11-14-37(70)71)48-60-31(20-78-48)45(74)58-29(15-35(68)55-4)51-66-39(24(3)82-51)47(76)65-38/h6-10,12-13,19-23,26,29,37-38,42-44,62,70-73H,11,14-18,54H2,1-5H3,(H,55,68)(H,56,75)(H,58,74)(H,64,69)(H,65,76)/t26-,29-,38-,42-,43-,44?/m0/s1. The van der Waals surface area contributed by atoms with Crippen LogP contribution in [0.25, 0.3) is 43.4 Å². The third-order valence-electron chi connectivity index (χ3n) is 13.1. The van der Waals surface area contributed by atoms with Crippen molar-refractivity contribution >= 4 is 103 Å². The molecule has 436 valence electrons. The van der Waals surface area contributed by atoms with E-state index >= 15 is 0 Å². The van der Waals surface area contributed by atoms with Crippen LogP contribution in [0.15, 0.2) is 64.0 Å². The summed E-state index contributed by atoms with van der Waals surface area (Å²) in [6.07, 6.45) is -3.94. The molecule has 0 saturated heterocycles. The molecule has 24 nitrogen and oxygen atoms in total. The van der Waals surface area contributed by atoms with Crippen LogP contribution in [-0.4, -0.2) is 125 Å². The number of thiazole rings is 6. The fourth-order valence-electron chi connectivity index (χ4n) is 8.69. The van der Waals surface area contributed by atoms with Crippen LogP contribution in [-0.2, 0) is 20.9 Å². The molecule has 12 N–H and O–H groups in total. The van der Waals surface area contributed by atoms with Gasteiger partial charge in [-0.1, -0.05) is 44.2 Å². The van der Waals surface area contributed by atoms with Crippen molar-refractivity contribution in [3.63, 3.8) is 0 Å². The number of aliphatic hydroxyl groups excluding tert-OH is 3. The molecule has 0 spiro atoms. The number of rotatable bonds is 15. The number of hydrogen-bond donors (Lipinski definition) is 11. The van der Waals surface area contributed by atoms with E-state index in [1.807, 2.05) is 13.8 Å². The molecule has 8 heterocycles. The first-order valence-electron chi connectivity index (χ1n) is 25.9. The number of pyridine rings is 1. The lowest BCUT2D eigenvalue weighted by Crippen LogP contribution is -2.40. The Hall–Kier alpha value is -6.94. The molecule has 1 aromatic carbocycles. The average molecular weight is 1240 g/mol. The summed E-state index contributed by atoms with van der Waals surface area (Å²) >= 11 is 7.17. The minimum Gasteiger partial charge on any atom is -0.386 e. The lowest BCUT2D eigenvalue weighted by atomic mass is 10.0. The first-order valence-corrected chi connectivity index (χ1v) is 31.0. The summed E-state index contributed by atoms with van der Waals surface area (Å²) in [5, 5.41) is 67.9. The first-order chi connectivity index (χ1) is 39.9. The number of nitrogens with one attached hydrogen (secondary N) is 6. The van der Waals surface area contributed by atoms with E-state index in [0.29, 0.717) is 74.5 Å². The zero-order chi connectivity index (χ0) is 59.1. The molecule has 0 saturated carbocycles. The number of aryl methyl sites for hydroxylation is 1. The molecule has 6 atom stereocenters. The fraction of sp³-hybridized carbons (Fsp3) is 0.358. The SMILES string of the molecule is CNC(=O)C[C@@H]1NC(=O)c2csc(n2)-c2ccc(-c3nc(NC(O)[C@H](CN)CCC(O)O)cs3)nc2-c2csc(n2)-c2csc(n2)[C@H]([C@@H](O)c2ccccc2)NC(=O)CNC(=O)c2nc(sc2COC)[C@H](C(C)C)NC(=O)c2nc1sc2C. The molecular weight excluding hydrogens is 1190 g/mol. The van der Waals surface area contributed by atoms with Crippen molar-refractivity contribution in [3.05, 3.63) is 111 Å². The quantitative estimate of drug-likeness (QED) is 0.0548. The molecule has 0 fully saturated rings. The Balaban J connectivity index is 1.12. The lowest BCUT2D eigenvalue weighted by molar-refractivity contribution is -0.122. The van der Waals surface area contributed by atoms with Gasteiger partial charge in [0, 0.05) is 52.0 Å². The van der Waals surface area contributed by atoms with Crippen molar-refractivity contribution in [2.45, 2.75) is 83.4 Å². The number of amides is 5. The molecule has 7 aromatic heterocycles. The normalized spacial score (nSPS) is 17.3. The topological polar surface area (TPSA) is 364 Å². The van der Waals surface area contributed by atoms with E-state index in [0.717, 1.165) is 11.3 Å². The molecular formula is C53H58N14O10S6. The number of carbonyl (C=O) groups excluding carboxylic acids is 5. The molecule has 0 aliphatic carbocycles. The van der Waals surface area contributed by atoms with Gasteiger partial charge >= 0.3 is 0 Å². The van der Waals surface area contributed by atoms with Gasteiger partial charge in [-0.2, -0.15) is 0 Å². The van der Waals surface area contributed by atoms with Gasteiger partial charge in [-0.15, -0.1) is 68.0 Å². The van der Waals surface area contributed by atoms with E-state index in [2.05, 4.69) is 41.9 Å². The largest absolute Gasteiger partial charge is 0.386 e.